The van der Waals surface area contributed by atoms with Crippen molar-refractivity contribution in [3.8, 4) is 0 Å². The Bertz CT molecular complexity index is 809. The first-order chi connectivity index (χ1) is 10.9. The van der Waals surface area contributed by atoms with Crippen LogP contribution in [0.4, 0.5) is 5.69 Å². The predicted octanol–water partition coefficient (Wildman–Crippen LogP) is 3.36. The molecule has 2 rings (SSSR count). The Hall–Kier alpha value is -1.76. The number of benzene rings is 2. The van der Waals surface area contributed by atoms with E-state index in [1.54, 1.807) is 18.2 Å². The summed E-state index contributed by atoms with van der Waals surface area (Å²) in [5.74, 6) is -0.699. The van der Waals surface area contributed by atoms with Gasteiger partial charge in [0.15, 0.2) is 0 Å². The van der Waals surface area contributed by atoms with Gasteiger partial charge in [-0.05, 0) is 30.3 Å². The van der Waals surface area contributed by atoms with Crippen LogP contribution in [-0.2, 0) is 19.6 Å². The van der Waals surface area contributed by atoms with Crippen LogP contribution >= 0.6 is 23.2 Å². The van der Waals surface area contributed by atoms with Crippen molar-refractivity contribution < 1.29 is 17.9 Å². The number of anilines is 1. The molecule has 0 saturated carbocycles. The first-order valence-corrected chi connectivity index (χ1v) is 8.65. The zero-order chi connectivity index (χ0) is 17.0. The van der Waals surface area contributed by atoms with Gasteiger partial charge in [0.2, 0.25) is 0 Å². The molecule has 0 amide bonds. The standard InChI is InChI=1S/C15H13Cl2NO4S/c1-22-15(19)10-18(11-7-8-13(16)14(17)9-11)23(20,21)12-5-3-2-4-6-12/h2-9H,10H2,1H3. The van der Waals surface area contributed by atoms with Crippen LogP contribution in [0, 0.1) is 0 Å². The minimum Gasteiger partial charge on any atom is -0.468 e. The van der Waals surface area contributed by atoms with Gasteiger partial charge in [0.1, 0.15) is 6.54 Å². The molecular formula is C15H13Cl2NO4S. The van der Waals surface area contributed by atoms with Crippen molar-refractivity contribution in [2.75, 3.05) is 18.0 Å². The summed E-state index contributed by atoms with van der Waals surface area (Å²) in [5, 5.41) is 0.466. The molecule has 0 spiro atoms. The maximum absolute atomic E-state index is 12.8. The van der Waals surface area contributed by atoms with Gasteiger partial charge in [-0.25, -0.2) is 8.42 Å². The number of sulfonamides is 1. The lowest BCUT2D eigenvalue weighted by Gasteiger charge is -2.23. The fourth-order valence-corrected chi connectivity index (χ4v) is 3.57. The molecule has 0 unspecified atom stereocenters. The summed E-state index contributed by atoms with van der Waals surface area (Å²) < 4.78 is 31.2. The van der Waals surface area contributed by atoms with Gasteiger partial charge in [-0.3, -0.25) is 9.10 Å². The lowest BCUT2D eigenvalue weighted by Crippen LogP contribution is -2.36. The van der Waals surface area contributed by atoms with Crippen molar-refractivity contribution in [1.29, 1.82) is 0 Å². The number of ether oxygens (including phenoxy) is 1. The third-order valence-electron chi connectivity index (χ3n) is 3.02. The number of methoxy groups -OCH3 is 1. The molecule has 0 saturated heterocycles. The molecule has 2 aromatic carbocycles. The van der Waals surface area contributed by atoms with Crippen LogP contribution in [0.5, 0.6) is 0 Å². The summed E-state index contributed by atoms with van der Waals surface area (Å²) in [6.07, 6.45) is 0. The van der Waals surface area contributed by atoms with Crippen molar-refractivity contribution in [2.24, 2.45) is 0 Å². The number of nitrogens with zero attached hydrogens (tertiary/aromatic N) is 1. The van der Waals surface area contributed by atoms with E-state index in [9.17, 15) is 13.2 Å². The van der Waals surface area contributed by atoms with Crippen LogP contribution in [0.3, 0.4) is 0 Å². The summed E-state index contributed by atoms with van der Waals surface area (Å²) in [7, 11) is -2.77. The number of hydrogen-bond donors (Lipinski definition) is 0. The number of esters is 1. The van der Waals surface area contributed by atoms with Gasteiger partial charge in [-0.2, -0.15) is 0 Å². The Kier molecular flexibility index (Phi) is 5.51. The topological polar surface area (TPSA) is 63.7 Å². The van der Waals surface area contributed by atoms with Crippen molar-refractivity contribution in [3.05, 3.63) is 58.6 Å². The second-order valence-corrected chi connectivity index (χ2v) is 7.18. The predicted molar refractivity (Wildman–Crippen MR) is 89.5 cm³/mol. The van der Waals surface area contributed by atoms with Crippen LogP contribution < -0.4 is 4.31 Å². The van der Waals surface area contributed by atoms with E-state index in [0.29, 0.717) is 0 Å². The van der Waals surface area contributed by atoms with Gasteiger partial charge in [-0.15, -0.1) is 0 Å². The van der Waals surface area contributed by atoms with E-state index in [-0.39, 0.29) is 20.6 Å². The van der Waals surface area contributed by atoms with Crippen molar-refractivity contribution >= 4 is 44.9 Å². The van der Waals surface area contributed by atoms with Crippen molar-refractivity contribution in [1.82, 2.24) is 0 Å². The zero-order valence-corrected chi connectivity index (χ0v) is 14.4. The number of halogens is 2. The third kappa shape index (κ3) is 3.96. The highest BCUT2D eigenvalue weighted by Gasteiger charge is 2.27. The summed E-state index contributed by atoms with van der Waals surface area (Å²) in [6.45, 7) is -0.480. The van der Waals surface area contributed by atoms with Crippen LogP contribution in [0.2, 0.25) is 10.0 Å². The molecule has 0 aliphatic carbocycles. The van der Waals surface area contributed by atoms with Gasteiger partial charge < -0.3 is 4.74 Å². The Morgan fingerprint density at radius 3 is 2.30 bits per heavy atom. The van der Waals surface area contributed by atoms with Crippen LogP contribution in [-0.4, -0.2) is 28.0 Å². The quantitative estimate of drug-likeness (QED) is 0.753. The van der Waals surface area contributed by atoms with E-state index >= 15 is 0 Å². The summed E-state index contributed by atoms with van der Waals surface area (Å²) >= 11 is 11.8. The van der Waals surface area contributed by atoms with Gasteiger partial charge in [0.05, 0.1) is 27.7 Å². The van der Waals surface area contributed by atoms with Gasteiger partial charge in [0, 0.05) is 0 Å². The maximum Gasteiger partial charge on any atom is 0.326 e. The van der Waals surface area contributed by atoms with E-state index in [1.165, 1.54) is 37.4 Å². The maximum atomic E-state index is 12.8. The molecule has 0 fully saturated rings. The molecule has 0 atom stereocenters. The highest BCUT2D eigenvalue weighted by Crippen LogP contribution is 2.30. The number of carbonyl (C=O) groups excluding carboxylic acids is 1. The molecule has 122 valence electrons. The van der Waals surface area contributed by atoms with Crippen molar-refractivity contribution in [3.63, 3.8) is 0 Å². The number of hydrogen-bond acceptors (Lipinski definition) is 4. The molecular weight excluding hydrogens is 361 g/mol. The molecule has 0 aliphatic heterocycles. The molecule has 0 heterocycles. The van der Waals surface area contributed by atoms with E-state index in [4.69, 9.17) is 23.2 Å². The van der Waals surface area contributed by atoms with E-state index in [2.05, 4.69) is 4.74 Å². The van der Waals surface area contributed by atoms with Crippen LogP contribution in [0.1, 0.15) is 0 Å². The average molecular weight is 374 g/mol. The van der Waals surface area contributed by atoms with E-state index in [1.807, 2.05) is 0 Å². The molecule has 23 heavy (non-hydrogen) atoms. The molecule has 5 nitrogen and oxygen atoms in total. The summed E-state index contributed by atoms with van der Waals surface area (Å²) in [5.41, 5.74) is 0.216. The highest BCUT2D eigenvalue weighted by molar-refractivity contribution is 7.92. The minimum absolute atomic E-state index is 0.0509. The lowest BCUT2D eigenvalue weighted by molar-refractivity contribution is -0.138. The third-order valence-corrected chi connectivity index (χ3v) is 5.55. The highest BCUT2D eigenvalue weighted by atomic mass is 35.5. The second kappa shape index (κ2) is 7.21. The Morgan fingerprint density at radius 1 is 1.09 bits per heavy atom. The van der Waals surface area contributed by atoms with Crippen LogP contribution in [0.25, 0.3) is 0 Å². The smallest absolute Gasteiger partial charge is 0.326 e. The lowest BCUT2D eigenvalue weighted by atomic mass is 10.3. The summed E-state index contributed by atoms with van der Waals surface area (Å²) in [6, 6.07) is 12.1. The minimum atomic E-state index is -3.96. The first-order valence-electron chi connectivity index (χ1n) is 6.46. The van der Waals surface area contributed by atoms with Gasteiger partial charge >= 0.3 is 5.97 Å². The average Bonchev–Trinajstić information content (AvgIpc) is 2.55. The molecule has 0 radical (unpaired) electrons. The van der Waals surface area contributed by atoms with Gasteiger partial charge in [-0.1, -0.05) is 41.4 Å². The largest absolute Gasteiger partial charge is 0.468 e. The first kappa shape index (κ1) is 17.6. The Balaban J connectivity index is 2.54. The normalized spacial score (nSPS) is 11.1. The van der Waals surface area contributed by atoms with E-state index in [0.717, 1.165) is 4.31 Å². The molecule has 0 aromatic heterocycles. The molecule has 0 bridgehead atoms. The SMILES string of the molecule is COC(=O)CN(c1ccc(Cl)c(Cl)c1)S(=O)(=O)c1ccccc1. The zero-order valence-electron chi connectivity index (χ0n) is 12.1. The number of rotatable bonds is 5. The fraction of sp³-hybridized carbons (Fsp3) is 0.133. The molecule has 0 N–H and O–H groups in total. The molecule has 2 aromatic rings. The molecule has 0 aliphatic rings. The Morgan fingerprint density at radius 2 is 1.74 bits per heavy atom. The van der Waals surface area contributed by atoms with E-state index < -0.39 is 22.5 Å². The monoisotopic (exact) mass is 373 g/mol. The van der Waals surface area contributed by atoms with Crippen LogP contribution in [0.15, 0.2) is 53.4 Å². The van der Waals surface area contributed by atoms with Crippen molar-refractivity contribution in [2.45, 2.75) is 4.90 Å². The molecule has 8 heteroatoms. The fourth-order valence-electron chi connectivity index (χ4n) is 1.86. The second-order valence-electron chi connectivity index (χ2n) is 4.50. The Labute approximate surface area is 144 Å². The summed E-state index contributed by atoms with van der Waals surface area (Å²) in [4.78, 5) is 11.7. The number of carbonyl (C=O) groups is 1. The van der Waals surface area contributed by atoms with Gasteiger partial charge in [0.25, 0.3) is 10.0 Å².